The Morgan fingerprint density at radius 2 is 1.45 bits per heavy atom. The molecule has 0 amide bonds. The summed E-state index contributed by atoms with van der Waals surface area (Å²) < 4.78 is 18.2. The van der Waals surface area contributed by atoms with E-state index in [1.165, 1.54) is 0 Å². The van der Waals surface area contributed by atoms with Crippen LogP contribution in [0.25, 0.3) is 0 Å². The van der Waals surface area contributed by atoms with E-state index in [0.717, 1.165) is 32.4 Å². The molecule has 6 heteroatoms. The van der Waals surface area contributed by atoms with Crippen molar-refractivity contribution in [2.45, 2.75) is 26.0 Å². The summed E-state index contributed by atoms with van der Waals surface area (Å²) in [5, 5.41) is 0. The maximum atomic E-state index is 13.3. The van der Waals surface area contributed by atoms with Crippen molar-refractivity contribution < 1.29 is 19.0 Å². The quantitative estimate of drug-likeness (QED) is 0.143. The lowest BCUT2D eigenvalue weighted by atomic mass is 10.00. The van der Waals surface area contributed by atoms with Crippen LogP contribution in [0.2, 0.25) is 0 Å². The topological polar surface area (TPSA) is 57.1 Å². The highest BCUT2D eigenvalue weighted by Crippen LogP contribution is 2.36. The summed E-state index contributed by atoms with van der Waals surface area (Å²) in [6.45, 7) is 2.42. The van der Waals surface area contributed by atoms with E-state index >= 15 is 0 Å². The van der Waals surface area contributed by atoms with Crippen LogP contribution in [-0.2, 0) is 22.6 Å². The Balaban J connectivity index is 1.77. The summed E-state index contributed by atoms with van der Waals surface area (Å²) in [7, 11) is 1.60. The zero-order valence-corrected chi connectivity index (χ0v) is 23.1. The Morgan fingerprint density at radius 3 is 2.00 bits per heavy atom. The van der Waals surface area contributed by atoms with Gasteiger partial charge in [0.15, 0.2) is 17.5 Å². The Morgan fingerprint density at radius 1 is 0.868 bits per heavy atom. The number of carbonyl (C=O) groups excluding carboxylic acids is 1. The maximum absolute atomic E-state index is 13.3. The van der Waals surface area contributed by atoms with Crippen LogP contribution < -0.4 is 9.47 Å². The van der Waals surface area contributed by atoms with Gasteiger partial charge in [-0.15, -0.1) is 0 Å². The zero-order chi connectivity index (χ0) is 26.7. The fraction of sp³-hybridized carbons (Fsp3) is 0.188. The van der Waals surface area contributed by atoms with Gasteiger partial charge in [0.25, 0.3) is 0 Å². The standard InChI is InChI=1S/C32H30BrNO4/c1-3-37-32(35)28(34-30(24-15-9-5-10-16-24)25-17-11-6-12-18-25)20-26-19-27(33)21-29(36-2)31(26)38-22-23-13-7-4-8-14-23/h4-19,21,28H,3,20,22H2,1-2H3. The Bertz CT molecular complexity index is 1320. The monoisotopic (exact) mass is 571 g/mol. The van der Waals surface area contributed by atoms with Gasteiger partial charge in [-0.05, 0) is 24.6 Å². The van der Waals surface area contributed by atoms with Crippen molar-refractivity contribution in [3.63, 3.8) is 0 Å². The molecule has 4 aromatic carbocycles. The second kappa shape index (κ2) is 13.6. The number of ether oxygens (including phenoxy) is 3. The van der Waals surface area contributed by atoms with Crippen LogP contribution in [0.15, 0.2) is 113 Å². The van der Waals surface area contributed by atoms with Gasteiger partial charge in [-0.3, -0.25) is 4.99 Å². The van der Waals surface area contributed by atoms with Gasteiger partial charge < -0.3 is 14.2 Å². The highest BCUT2D eigenvalue weighted by molar-refractivity contribution is 9.10. The summed E-state index contributed by atoms with van der Waals surface area (Å²) in [5.74, 6) is 0.748. The number of methoxy groups -OCH3 is 1. The Labute approximate surface area is 232 Å². The fourth-order valence-corrected chi connectivity index (χ4v) is 4.60. The van der Waals surface area contributed by atoms with E-state index in [4.69, 9.17) is 19.2 Å². The molecule has 0 saturated carbocycles. The number of halogens is 1. The molecule has 4 aromatic rings. The predicted molar refractivity (Wildman–Crippen MR) is 154 cm³/mol. The van der Waals surface area contributed by atoms with Crippen molar-refractivity contribution in [2.75, 3.05) is 13.7 Å². The minimum Gasteiger partial charge on any atom is -0.493 e. The molecule has 0 fully saturated rings. The summed E-state index contributed by atoms with van der Waals surface area (Å²) in [6, 6.07) is 32.6. The number of hydrogen-bond acceptors (Lipinski definition) is 5. The van der Waals surface area contributed by atoms with Gasteiger partial charge in [0.1, 0.15) is 6.61 Å². The first-order chi connectivity index (χ1) is 18.6. The molecule has 1 unspecified atom stereocenters. The van der Waals surface area contributed by atoms with Crippen molar-refractivity contribution in [1.29, 1.82) is 0 Å². The molecular formula is C32H30BrNO4. The van der Waals surface area contributed by atoms with Crippen LogP contribution >= 0.6 is 15.9 Å². The van der Waals surface area contributed by atoms with Crippen molar-refractivity contribution in [3.05, 3.63) is 130 Å². The molecule has 0 aromatic heterocycles. The van der Waals surface area contributed by atoms with E-state index in [9.17, 15) is 4.79 Å². The lowest BCUT2D eigenvalue weighted by Gasteiger charge is -2.19. The normalized spacial score (nSPS) is 11.3. The maximum Gasteiger partial charge on any atom is 0.331 e. The number of aliphatic imine (C=N–C) groups is 1. The van der Waals surface area contributed by atoms with Crippen LogP contribution in [0.3, 0.4) is 0 Å². The van der Waals surface area contributed by atoms with Gasteiger partial charge in [-0.1, -0.05) is 107 Å². The highest BCUT2D eigenvalue weighted by atomic mass is 79.9. The molecule has 0 spiro atoms. The Kier molecular flexibility index (Phi) is 9.71. The average molecular weight is 572 g/mol. The van der Waals surface area contributed by atoms with E-state index < -0.39 is 12.0 Å². The molecular weight excluding hydrogens is 542 g/mol. The van der Waals surface area contributed by atoms with Crippen molar-refractivity contribution in [1.82, 2.24) is 0 Å². The van der Waals surface area contributed by atoms with Gasteiger partial charge >= 0.3 is 5.97 Å². The minimum atomic E-state index is -0.802. The molecule has 0 N–H and O–H groups in total. The number of rotatable bonds is 11. The SMILES string of the molecule is CCOC(=O)C(Cc1cc(Br)cc(OC)c1OCc1ccccc1)N=C(c1ccccc1)c1ccccc1. The number of nitrogens with zero attached hydrogens (tertiary/aromatic N) is 1. The van der Waals surface area contributed by atoms with Crippen LogP contribution in [0.1, 0.15) is 29.2 Å². The molecule has 4 rings (SSSR count). The molecule has 5 nitrogen and oxygen atoms in total. The van der Waals surface area contributed by atoms with Gasteiger partial charge in [-0.25, -0.2) is 4.79 Å². The van der Waals surface area contributed by atoms with Crippen LogP contribution in [0, 0.1) is 0 Å². The zero-order valence-electron chi connectivity index (χ0n) is 21.5. The molecule has 0 saturated heterocycles. The Hall–Kier alpha value is -3.90. The first-order valence-electron chi connectivity index (χ1n) is 12.5. The van der Waals surface area contributed by atoms with E-state index in [1.54, 1.807) is 14.0 Å². The molecule has 0 aliphatic heterocycles. The smallest absolute Gasteiger partial charge is 0.331 e. The molecule has 38 heavy (non-hydrogen) atoms. The fourth-order valence-electron chi connectivity index (χ4n) is 4.11. The molecule has 194 valence electrons. The van der Waals surface area contributed by atoms with Crippen molar-refractivity contribution in [2.24, 2.45) is 4.99 Å². The summed E-state index contributed by atoms with van der Waals surface area (Å²) in [4.78, 5) is 18.3. The van der Waals surface area contributed by atoms with Crippen molar-refractivity contribution >= 4 is 27.6 Å². The van der Waals surface area contributed by atoms with Gasteiger partial charge in [-0.2, -0.15) is 0 Å². The van der Waals surface area contributed by atoms with Crippen LogP contribution in [0.5, 0.6) is 11.5 Å². The van der Waals surface area contributed by atoms with Gasteiger partial charge in [0, 0.05) is 27.6 Å². The molecule has 0 aliphatic rings. The molecule has 0 heterocycles. The third kappa shape index (κ3) is 7.11. The number of esters is 1. The molecule has 1 atom stereocenters. The lowest BCUT2D eigenvalue weighted by molar-refractivity contribution is -0.144. The first kappa shape index (κ1) is 27.1. The number of hydrogen-bond donors (Lipinski definition) is 0. The van der Waals surface area contributed by atoms with E-state index in [-0.39, 0.29) is 13.0 Å². The molecule has 0 aliphatic carbocycles. The highest BCUT2D eigenvalue weighted by Gasteiger charge is 2.25. The second-order valence-electron chi connectivity index (χ2n) is 8.55. The van der Waals surface area contributed by atoms with Gasteiger partial charge in [0.2, 0.25) is 0 Å². The van der Waals surface area contributed by atoms with Gasteiger partial charge in [0.05, 0.1) is 19.4 Å². The minimum absolute atomic E-state index is 0.260. The van der Waals surface area contributed by atoms with Crippen LogP contribution in [-0.4, -0.2) is 31.4 Å². The number of benzene rings is 4. The molecule has 0 radical (unpaired) electrons. The second-order valence-corrected chi connectivity index (χ2v) is 9.47. The number of carbonyl (C=O) groups is 1. The summed E-state index contributed by atoms with van der Waals surface area (Å²) >= 11 is 3.58. The predicted octanol–water partition coefficient (Wildman–Crippen LogP) is 7.05. The van der Waals surface area contributed by atoms with E-state index in [0.29, 0.717) is 18.1 Å². The lowest BCUT2D eigenvalue weighted by Crippen LogP contribution is -2.26. The first-order valence-corrected chi connectivity index (χ1v) is 13.3. The van der Waals surface area contributed by atoms with Crippen LogP contribution in [0.4, 0.5) is 0 Å². The van der Waals surface area contributed by atoms with E-state index in [1.807, 2.05) is 103 Å². The molecule has 0 bridgehead atoms. The average Bonchev–Trinajstić information content (AvgIpc) is 2.96. The van der Waals surface area contributed by atoms with Crippen molar-refractivity contribution in [3.8, 4) is 11.5 Å². The summed E-state index contributed by atoms with van der Waals surface area (Å²) in [6.07, 6.45) is 0.266. The summed E-state index contributed by atoms with van der Waals surface area (Å²) in [5.41, 5.74) is 4.37. The third-order valence-electron chi connectivity index (χ3n) is 5.89. The largest absolute Gasteiger partial charge is 0.493 e. The van der Waals surface area contributed by atoms with E-state index in [2.05, 4.69) is 15.9 Å². The third-order valence-corrected chi connectivity index (χ3v) is 6.35.